The number of ether oxygens (including phenoxy) is 2. The maximum absolute atomic E-state index is 14.0. The number of benzene rings is 2. The quantitative estimate of drug-likeness (QED) is 0.331. The summed E-state index contributed by atoms with van der Waals surface area (Å²) in [7, 11) is 0. The first-order valence-electron chi connectivity index (χ1n) is 11.7. The molecule has 11 heteroatoms. The molecule has 0 bridgehead atoms. The van der Waals surface area contributed by atoms with Gasteiger partial charge in [0.25, 0.3) is 0 Å². The Morgan fingerprint density at radius 3 is 2.71 bits per heavy atom. The van der Waals surface area contributed by atoms with E-state index in [9.17, 15) is 9.50 Å². The fraction of sp³-hybridized carbons (Fsp3) is 0.296. The number of aliphatic hydroxyl groups is 1. The van der Waals surface area contributed by atoms with Crippen molar-refractivity contribution in [2.24, 2.45) is 0 Å². The lowest BCUT2D eigenvalue weighted by Gasteiger charge is -2.37. The van der Waals surface area contributed by atoms with E-state index in [-0.39, 0.29) is 22.6 Å². The Kier molecular flexibility index (Phi) is 9.60. The molecule has 2 heterocycles. The van der Waals surface area contributed by atoms with Gasteiger partial charge in [0.05, 0.1) is 36.6 Å². The smallest absolute Gasteiger partial charge is 0.177 e. The molecule has 1 aliphatic heterocycles. The number of nitriles is 1. The van der Waals surface area contributed by atoms with E-state index in [0.717, 1.165) is 0 Å². The topological polar surface area (TPSA) is 93.2 Å². The van der Waals surface area contributed by atoms with Gasteiger partial charge in [-0.05, 0) is 30.3 Å². The van der Waals surface area contributed by atoms with Crippen LogP contribution in [0, 0.1) is 17.1 Å². The number of nitrogens with zero attached hydrogens (tertiary/aromatic N) is 4. The van der Waals surface area contributed by atoms with E-state index in [2.05, 4.69) is 10.1 Å². The Labute approximate surface area is 234 Å². The highest BCUT2D eigenvalue weighted by molar-refractivity contribution is 8.00. The predicted octanol–water partition coefficient (Wildman–Crippen LogP) is 5.62. The van der Waals surface area contributed by atoms with Gasteiger partial charge < -0.3 is 14.6 Å². The third-order valence-electron chi connectivity index (χ3n) is 6.01. The number of allylic oxidation sites excluding steroid dienone is 2. The number of aromatic nitrogens is 3. The molecule has 2 aromatic carbocycles. The molecule has 0 radical (unpaired) electrons. The van der Waals surface area contributed by atoms with Crippen LogP contribution in [0.4, 0.5) is 4.39 Å². The van der Waals surface area contributed by atoms with Gasteiger partial charge in [-0.25, -0.2) is 14.1 Å². The molecule has 4 rings (SSSR count). The average Bonchev–Trinajstić information content (AvgIpc) is 3.40. The Bertz CT molecular complexity index is 1340. The fourth-order valence-electron chi connectivity index (χ4n) is 3.97. The van der Waals surface area contributed by atoms with Gasteiger partial charge in [0.2, 0.25) is 0 Å². The lowest BCUT2D eigenvalue weighted by atomic mass is 9.90. The highest BCUT2D eigenvalue weighted by Gasteiger charge is 2.40. The number of hydrogen-bond donors (Lipinski definition) is 1. The lowest BCUT2D eigenvalue weighted by molar-refractivity contribution is -0.146. The molecule has 198 valence electrons. The molecule has 1 fully saturated rings. The van der Waals surface area contributed by atoms with E-state index in [1.165, 1.54) is 24.2 Å². The van der Waals surface area contributed by atoms with Gasteiger partial charge in [0.1, 0.15) is 24.1 Å². The van der Waals surface area contributed by atoms with Crippen LogP contribution in [0.15, 0.2) is 67.3 Å². The largest absolute Gasteiger partial charge is 0.382 e. The number of rotatable bonds is 9. The minimum absolute atomic E-state index is 0.0358. The Morgan fingerprint density at radius 1 is 1.26 bits per heavy atom. The van der Waals surface area contributed by atoms with Crippen LogP contribution in [-0.4, -0.2) is 49.9 Å². The van der Waals surface area contributed by atoms with Crippen molar-refractivity contribution >= 4 is 41.0 Å². The average molecular weight is 575 g/mol. The SMILES string of the molecule is C[C@@H](SC1COC(C=CC=Cc2ccc(C#N)cc2F)OC1)[C@](O)(Cn1cncn1)c1ccc(Cl)cc1Cl. The molecule has 2 atom stereocenters. The molecule has 1 aromatic heterocycles. The minimum atomic E-state index is -1.37. The van der Waals surface area contributed by atoms with Crippen LogP contribution in [0.3, 0.4) is 0 Å². The van der Waals surface area contributed by atoms with Crippen molar-refractivity contribution in [1.29, 1.82) is 5.26 Å². The highest BCUT2D eigenvalue weighted by Crippen LogP contribution is 2.40. The van der Waals surface area contributed by atoms with Gasteiger partial charge in [0.15, 0.2) is 6.29 Å². The summed E-state index contributed by atoms with van der Waals surface area (Å²) in [4.78, 5) is 3.98. The van der Waals surface area contributed by atoms with Crippen molar-refractivity contribution in [3.8, 4) is 6.07 Å². The molecule has 1 aliphatic rings. The van der Waals surface area contributed by atoms with Crippen LogP contribution in [0.25, 0.3) is 6.08 Å². The summed E-state index contributed by atoms with van der Waals surface area (Å²) in [6.45, 7) is 2.89. The molecule has 0 aliphatic carbocycles. The zero-order chi connectivity index (χ0) is 27.1. The monoisotopic (exact) mass is 574 g/mol. The molecule has 0 amide bonds. The second-order valence-corrected chi connectivity index (χ2v) is 11.2. The summed E-state index contributed by atoms with van der Waals surface area (Å²) in [5.74, 6) is -0.462. The van der Waals surface area contributed by atoms with E-state index >= 15 is 0 Å². The molecule has 0 saturated carbocycles. The van der Waals surface area contributed by atoms with Crippen molar-refractivity contribution in [3.63, 3.8) is 0 Å². The first-order chi connectivity index (χ1) is 18.3. The number of thioether (sulfide) groups is 1. The van der Waals surface area contributed by atoms with Crippen LogP contribution in [0.2, 0.25) is 10.0 Å². The summed E-state index contributed by atoms with van der Waals surface area (Å²) in [5, 5.41) is 25.4. The molecule has 0 unspecified atom stereocenters. The number of hydrogen-bond acceptors (Lipinski definition) is 7. The first kappa shape index (κ1) is 28.3. The van der Waals surface area contributed by atoms with E-state index in [0.29, 0.717) is 34.4 Å². The second kappa shape index (κ2) is 12.9. The summed E-state index contributed by atoms with van der Waals surface area (Å²) >= 11 is 14.1. The molecule has 0 spiro atoms. The van der Waals surface area contributed by atoms with E-state index in [1.807, 2.05) is 13.0 Å². The summed E-state index contributed by atoms with van der Waals surface area (Å²) in [6, 6.07) is 11.2. The molecular formula is C27H25Cl2FN4O3S. The molecule has 38 heavy (non-hydrogen) atoms. The van der Waals surface area contributed by atoms with Crippen molar-refractivity contribution in [2.75, 3.05) is 13.2 Å². The Balaban J connectivity index is 1.36. The molecule has 1 saturated heterocycles. The third kappa shape index (κ3) is 7.03. The zero-order valence-electron chi connectivity index (χ0n) is 20.4. The normalized spacial score (nSPS) is 20.4. The van der Waals surface area contributed by atoms with Crippen LogP contribution in [0.5, 0.6) is 0 Å². The summed E-state index contributed by atoms with van der Waals surface area (Å²) in [6.07, 6.45) is 9.15. The lowest BCUT2D eigenvalue weighted by Crippen LogP contribution is -2.43. The molecular weight excluding hydrogens is 550 g/mol. The minimum Gasteiger partial charge on any atom is -0.382 e. The van der Waals surface area contributed by atoms with Crippen LogP contribution in [0.1, 0.15) is 23.6 Å². The molecule has 7 nitrogen and oxygen atoms in total. The van der Waals surface area contributed by atoms with Gasteiger partial charge in [0, 0.05) is 26.4 Å². The van der Waals surface area contributed by atoms with Gasteiger partial charge in [-0.2, -0.15) is 10.4 Å². The second-order valence-electron chi connectivity index (χ2n) is 8.67. The maximum atomic E-state index is 14.0. The standard InChI is InChI=1S/C27H25Cl2FN4O3S/c1-18(27(35,15-34-17-32-16-33-34)23-9-8-21(28)11-24(23)29)38-22-13-36-26(37-14-22)5-3-2-4-20-7-6-19(12-31)10-25(20)30/h2-11,16-18,22,26,35H,13-15H2,1H3/t18-,22?,26?,27-/m1/s1. The predicted molar refractivity (Wildman–Crippen MR) is 146 cm³/mol. The van der Waals surface area contributed by atoms with Crippen molar-refractivity contribution in [2.45, 2.75) is 35.9 Å². The summed E-state index contributed by atoms with van der Waals surface area (Å²) in [5.41, 5.74) is -0.178. The van der Waals surface area contributed by atoms with Gasteiger partial charge in [-0.1, -0.05) is 60.5 Å². The Hall–Kier alpha value is -2.71. The third-order valence-corrected chi connectivity index (χ3v) is 8.02. The van der Waals surface area contributed by atoms with Crippen LogP contribution in [-0.2, 0) is 21.6 Å². The molecule has 1 N–H and O–H groups in total. The van der Waals surface area contributed by atoms with Crippen molar-refractivity contribution < 1.29 is 19.0 Å². The molecule has 3 aromatic rings. The van der Waals surface area contributed by atoms with Crippen molar-refractivity contribution in [3.05, 3.63) is 99.8 Å². The Morgan fingerprint density at radius 2 is 2.05 bits per heavy atom. The van der Waals surface area contributed by atoms with Crippen LogP contribution < -0.4 is 0 Å². The van der Waals surface area contributed by atoms with Gasteiger partial charge in [-0.3, -0.25) is 0 Å². The van der Waals surface area contributed by atoms with E-state index in [1.54, 1.807) is 65.6 Å². The van der Waals surface area contributed by atoms with E-state index in [4.69, 9.17) is 37.9 Å². The number of halogens is 3. The zero-order valence-corrected chi connectivity index (χ0v) is 22.7. The van der Waals surface area contributed by atoms with Gasteiger partial charge >= 0.3 is 0 Å². The fourth-order valence-corrected chi connectivity index (χ4v) is 5.86. The maximum Gasteiger partial charge on any atom is 0.177 e. The van der Waals surface area contributed by atoms with Crippen LogP contribution >= 0.6 is 35.0 Å². The first-order valence-corrected chi connectivity index (χ1v) is 13.4. The van der Waals surface area contributed by atoms with E-state index < -0.39 is 17.7 Å². The summed E-state index contributed by atoms with van der Waals surface area (Å²) < 4.78 is 27.2. The van der Waals surface area contributed by atoms with Crippen molar-refractivity contribution in [1.82, 2.24) is 14.8 Å². The highest BCUT2D eigenvalue weighted by atomic mass is 35.5. The van der Waals surface area contributed by atoms with Gasteiger partial charge in [-0.15, -0.1) is 11.8 Å².